The first-order valence-corrected chi connectivity index (χ1v) is 4.52. The normalized spacial score (nSPS) is 10.1. The molecule has 0 aromatic heterocycles. The Hall–Kier alpha value is -1.55. The predicted molar refractivity (Wildman–Crippen MR) is 55.4 cm³/mol. The van der Waals surface area contributed by atoms with Gasteiger partial charge in [-0.1, -0.05) is 0 Å². The van der Waals surface area contributed by atoms with Crippen molar-refractivity contribution in [3.8, 4) is 5.75 Å². The van der Waals surface area contributed by atoms with Gasteiger partial charge in [0.15, 0.2) is 6.79 Å². The van der Waals surface area contributed by atoms with Gasteiger partial charge < -0.3 is 14.6 Å². The molecule has 0 bridgehead atoms. The van der Waals surface area contributed by atoms with E-state index < -0.39 is 5.97 Å². The second-order valence-corrected chi connectivity index (χ2v) is 3.29. The Labute approximate surface area is 88.4 Å². The lowest BCUT2D eigenvalue weighted by molar-refractivity contribution is 0.0483. The molecule has 0 saturated heterocycles. The van der Waals surface area contributed by atoms with Crippen LogP contribution in [0.1, 0.15) is 21.5 Å². The van der Waals surface area contributed by atoms with Crippen LogP contribution in [-0.4, -0.2) is 25.0 Å². The van der Waals surface area contributed by atoms with Gasteiger partial charge in [0.25, 0.3) is 0 Å². The van der Waals surface area contributed by atoms with Crippen molar-refractivity contribution in [2.75, 3.05) is 13.9 Å². The summed E-state index contributed by atoms with van der Waals surface area (Å²) in [6.45, 7) is 3.81. The maximum absolute atomic E-state index is 10.9. The van der Waals surface area contributed by atoms with E-state index in [-0.39, 0.29) is 12.4 Å². The molecular weight excluding hydrogens is 196 g/mol. The molecule has 1 rings (SSSR count). The average molecular weight is 210 g/mol. The predicted octanol–water partition coefficient (Wildman–Crippen LogP) is 1.98. The Balaban J connectivity index is 3.10. The summed E-state index contributed by atoms with van der Waals surface area (Å²) >= 11 is 0. The molecule has 0 aliphatic rings. The molecule has 0 spiro atoms. The Morgan fingerprint density at radius 3 is 2.47 bits per heavy atom. The zero-order chi connectivity index (χ0) is 11.4. The van der Waals surface area contributed by atoms with E-state index in [4.69, 9.17) is 14.6 Å². The first-order chi connectivity index (χ1) is 7.06. The minimum Gasteiger partial charge on any atom is -0.478 e. The number of aromatic carboxylic acids is 1. The van der Waals surface area contributed by atoms with Gasteiger partial charge in [0, 0.05) is 7.11 Å². The van der Waals surface area contributed by atoms with Gasteiger partial charge in [0.05, 0.1) is 0 Å². The van der Waals surface area contributed by atoms with Crippen molar-refractivity contribution in [2.45, 2.75) is 13.8 Å². The highest BCUT2D eigenvalue weighted by molar-refractivity contribution is 5.91. The third-order valence-electron chi connectivity index (χ3n) is 2.16. The maximum Gasteiger partial charge on any atom is 0.339 e. The number of methoxy groups -OCH3 is 1. The zero-order valence-corrected chi connectivity index (χ0v) is 9.03. The molecule has 0 amide bonds. The van der Waals surface area contributed by atoms with Crippen molar-refractivity contribution in [2.24, 2.45) is 0 Å². The molecule has 0 aliphatic heterocycles. The van der Waals surface area contributed by atoms with E-state index in [0.717, 1.165) is 11.1 Å². The highest BCUT2D eigenvalue weighted by atomic mass is 16.7. The molecule has 0 aliphatic carbocycles. The number of ether oxygens (including phenoxy) is 2. The van der Waals surface area contributed by atoms with E-state index in [2.05, 4.69) is 0 Å². The number of carboxylic acids is 1. The number of carboxylic acid groups (broad SMARTS) is 1. The summed E-state index contributed by atoms with van der Waals surface area (Å²) in [6.07, 6.45) is 0. The summed E-state index contributed by atoms with van der Waals surface area (Å²) in [5, 5.41) is 8.96. The van der Waals surface area contributed by atoms with Gasteiger partial charge in [-0.25, -0.2) is 4.79 Å². The summed E-state index contributed by atoms with van der Waals surface area (Å²) in [4.78, 5) is 10.9. The third kappa shape index (κ3) is 2.70. The van der Waals surface area contributed by atoms with Crippen LogP contribution in [0.15, 0.2) is 12.1 Å². The average Bonchev–Trinajstić information content (AvgIpc) is 2.19. The fraction of sp³-hybridized carbons (Fsp3) is 0.364. The van der Waals surface area contributed by atoms with Crippen LogP contribution in [0.2, 0.25) is 0 Å². The minimum atomic E-state index is -0.996. The Kier molecular flexibility index (Phi) is 3.68. The molecule has 1 aromatic rings. The lowest BCUT2D eigenvalue weighted by atomic mass is 10.1. The van der Waals surface area contributed by atoms with Gasteiger partial charge in [-0.2, -0.15) is 0 Å². The largest absolute Gasteiger partial charge is 0.478 e. The smallest absolute Gasteiger partial charge is 0.339 e. The van der Waals surface area contributed by atoms with Crippen LogP contribution in [0.5, 0.6) is 5.75 Å². The van der Waals surface area contributed by atoms with Crippen LogP contribution < -0.4 is 4.74 Å². The molecule has 4 nitrogen and oxygen atoms in total. The fourth-order valence-electron chi connectivity index (χ4n) is 1.20. The lowest BCUT2D eigenvalue weighted by Crippen LogP contribution is -2.06. The summed E-state index contributed by atoms with van der Waals surface area (Å²) in [5.74, 6) is -0.656. The molecular formula is C11H14O4. The molecule has 82 valence electrons. The van der Waals surface area contributed by atoms with Crippen LogP contribution in [0, 0.1) is 13.8 Å². The number of rotatable bonds is 4. The quantitative estimate of drug-likeness (QED) is 0.772. The van der Waals surface area contributed by atoms with Crippen molar-refractivity contribution >= 4 is 5.97 Å². The Bertz CT molecular complexity index is 371. The van der Waals surface area contributed by atoms with Gasteiger partial charge in [0.2, 0.25) is 0 Å². The highest BCUT2D eigenvalue weighted by Gasteiger charge is 2.12. The van der Waals surface area contributed by atoms with Gasteiger partial charge in [-0.05, 0) is 37.1 Å². The summed E-state index contributed by atoms with van der Waals surface area (Å²) < 4.78 is 9.92. The number of hydrogen-bond donors (Lipinski definition) is 1. The Morgan fingerprint density at radius 1 is 1.33 bits per heavy atom. The van der Waals surface area contributed by atoms with E-state index in [9.17, 15) is 4.79 Å². The molecule has 0 fully saturated rings. The van der Waals surface area contributed by atoms with E-state index in [1.807, 2.05) is 13.8 Å². The summed E-state index contributed by atoms with van der Waals surface area (Å²) in [5.41, 5.74) is 2.08. The highest BCUT2D eigenvalue weighted by Crippen LogP contribution is 2.23. The molecule has 4 heteroatoms. The number of carbonyl (C=O) groups is 1. The van der Waals surface area contributed by atoms with Gasteiger partial charge in [0.1, 0.15) is 11.3 Å². The van der Waals surface area contributed by atoms with Crippen LogP contribution >= 0.6 is 0 Å². The maximum atomic E-state index is 10.9. The minimum absolute atomic E-state index is 0.0444. The third-order valence-corrected chi connectivity index (χ3v) is 2.16. The van der Waals surface area contributed by atoms with Crippen LogP contribution in [0.25, 0.3) is 0 Å². The van der Waals surface area contributed by atoms with E-state index in [0.29, 0.717) is 5.75 Å². The molecule has 0 radical (unpaired) electrons. The number of hydrogen-bond acceptors (Lipinski definition) is 3. The standard InChI is InChI=1S/C11H14O4/c1-7-4-9(11(12)13)10(5-8(7)2)15-6-14-3/h4-5H,6H2,1-3H3,(H,12,13). The number of benzene rings is 1. The first-order valence-electron chi connectivity index (χ1n) is 4.52. The summed E-state index contributed by atoms with van der Waals surface area (Å²) in [7, 11) is 1.49. The van der Waals surface area contributed by atoms with Gasteiger partial charge >= 0.3 is 5.97 Å². The Morgan fingerprint density at radius 2 is 1.93 bits per heavy atom. The van der Waals surface area contributed by atoms with Crippen LogP contribution in [0.3, 0.4) is 0 Å². The topological polar surface area (TPSA) is 55.8 Å². The molecule has 15 heavy (non-hydrogen) atoms. The fourth-order valence-corrected chi connectivity index (χ4v) is 1.20. The van der Waals surface area contributed by atoms with Gasteiger partial charge in [-0.3, -0.25) is 0 Å². The van der Waals surface area contributed by atoms with Crippen LogP contribution in [0.4, 0.5) is 0 Å². The SMILES string of the molecule is COCOc1cc(C)c(C)cc1C(=O)O. The monoisotopic (exact) mass is 210 g/mol. The van der Waals surface area contributed by atoms with Crippen molar-refractivity contribution < 1.29 is 19.4 Å². The zero-order valence-electron chi connectivity index (χ0n) is 9.03. The summed E-state index contributed by atoms with van der Waals surface area (Å²) in [6, 6.07) is 3.31. The van der Waals surface area contributed by atoms with E-state index in [1.54, 1.807) is 12.1 Å². The van der Waals surface area contributed by atoms with Crippen molar-refractivity contribution in [3.63, 3.8) is 0 Å². The molecule has 0 heterocycles. The second-order valence-electron chi connectivity index (χ2n) is 3.29. The molecule has 0 unspecified atom stereocenters. The molecule has 0 atom stereocenters. The van der Waals surface area contributed by atoms with Gasteiger partial charge in [-0.15, -0.1) is 0 Å². The lowest BCUT2D eigenvalue weighted by Gasteiger charge is -2.10. The van der Waals surface area contributed by atoms with Crippen LogP contribution in [-0.2, 0) is 4.74 Å². The van der Waals surface area contributed by atoms with Crippen molar-refractivity contribution in [3.05, 3.63) is 28.8 Å². The van der Waals surface area contributed by atoms with E-state index in [1.165, 1.54) is 7.11 Å². The van der Waals surface area contributed by atoms with Crippen molar-refractivity contribution in [1.82, 2.24) is 0 Å². The molecule has 0 saturated carbocycles. The second kappa shape index (κ2) is 4.79. The molecule has 1 N–H and O–H groups in total. The molecule has 1 aromatic carbocycles. The van der Waals surface area contributed by atoms with Crippen molar-refractivity contribution in [1.29, 1.82) is 0 Å². The van der Waals surface area contributed by atoms with E-state index >= 15 is 0 Å². The first kappa shape index (κ1) is 11.5. The number of aryl methyl sites for hydroxylation is 2.